The highest BCUT2D eigenvalue weighted by Gasteiger charge is 2.42. The molecule has 1 fully saturated rings. The summed E-state index contributed by atoms with van der Waals surface area (Å²) in [5, 5.41) is 13.1. The summed E-state index contributed by atoms with van der Waals surface area (Å²) in [4.78, 5) is 73.4. The molecule has 1 saturated heterocycles. The summed E-state index contributed by atoms with van der Waals surface area (Å²) < 4.78 is 67.1. The molecule has 5 amide bonds. The minimum atomic E-state index is -4.45. The van der Waals surface area contributed by atoms with Gasteiger partial charge < -0.3 is 49.9 Å². The van der Waals surface area contributed by atoms with Gasteiger partial charge >= 0.3 is 6.18 Å². The molecule has 6 aromatic rings. The van der Waals surface area contributed by atoms with E-state index in [1.54, 1.807) is 46.6 Å². The number of ether oxygens (including phenoxy) is 5. The van der Waals surface area contributed by atoms with Gasteiger partial charge in [0.05, 0.1) is 80.4 Å². The van der Waals surface area contributed by atoms with E-state index in [2.05, 4.69) is 26.3 Å². The highest BCUT2D eigenvalue weighted by atomic mass is 32.1. The molecule has 2 heterocycles. The molecule has 80 heavy (non-hydrogen) atoms. The Morgan fingerprint density at radius 1 is 0.750 bits per heavy atom. The predicted octanol–water partition coefficient (Wildman–Crippen LogP) is 9.14. The maximum atomic E-state index is 14.0. The zero-order valence-corrected chi connectivity index (χ0v) is 46.4. The molecular formula is C60H69F3N6O10S. The number of aromatic nitrogens is 1. The van der Waals surface area contributed by atoms with Gasteiger partial charge in [-0.2, -0.15) is 13.2 Å². The molecule has 1 aromatic heterocycles. The van der Waals surface area contributed by atoms with E-state index in [0.29, 0.717) is 74.4 Å². The summed E-state index contributed by atoms with van der Waals surface area (Å²) in [6.07, 6.45) is -3.11. The largest absolute Gasteiger partial charge is 0.457 e. The van der Waals surface area contributed by atoms with Crippen molar-refractivity contribution in [2.24, 2.45) is 5.41 Å². The van der Waals surface area contributed by atoms with Crippen LogP contribution in [0.3, 0.4) is 0 Å². The van der Waals surface area contributed by atoms with E-state index >= 15 is 0 Å². The van der Waals surface area contributed by atoms with Crippen molar-refractivity contribution in [1.29, 1.82) is 0 Å². The van der Waals surface area contributed by atoms with Crippen molar-refractivity contribution >= 4 is 51.6 Å². The van der Waals surface area contributed by atoms with Crippen molar-refractivity contribution in [3.63, 3.8) is 0 Å². The van der Waals surface area contributed by atoms with Crippen LogP contribution in [0.2, 0.25) is 0 Å². The van der Waals surface area contributed by atoms with Gasteiger partial charge in [0, 0.05) is 30.6 Å². The van der Waals surface area contributed by atoms with Gasteiger partial charge in [0.1, 0.15) is 30.2 Å². The zero-order valence-electron chi connectivity index (χ0n) is 45.6. The number of hydrogen-bond donors (Lipinski definition) is 4. The van der Waals surface area contributed by atoms with Crippen molar-refractivity contribution < 1.29 is 60.8 Å². The third-order valence-electron chi connectivity index (χ3n) is 13.3. The van der Waals surface area contributed by atoms with E-state index in [0.717, 1.165) is 45.0 Å². The van der Waals surface area contributed by atoms with Gasteiger partial charge in [0.2, 0.25) is 23.6 Å². The van der Waals surface area contributed by atoms with Gasteiger partial charge in [-0.1, -0.05) is 81.4 Å². The smallest absolute Gasteiger partial charge is 0.416 e. The summed E-state index contributed by atoms with van der Waals surface area (Å²) >= 11 is 1.58. The molecule has 0 bridgehead atoms. The fraction of sp³-hybridized carbons (Fsp3) is 0.400. The lowest BCUT2D eigenvalue weighted by molar-refractivity contribution is -0.144. The molecule has 7 rings (SSSR count). The van der Waals surface area contributed by atoms with Crippen molar-refractivity contribution in [2.75, 3.05) is 65.9 Å². The number of alkyl halides is 3. The van der Waals surface area contributed by atoms with Gasteiger partial charge in [0.15, 0.2) is 0 Å². The molecule has 426 valence electrons. The molecule has 1 aliphatic rings. The van der Waals surface area contributed by atoms with Crippen LogP contribution in [-0.4, -0.2) is 117 Å². The number of carbonyl (C=O) groups is 5. The van der Waals surface area contributed by atoms with Gasteiger partial charge in [-0.15, -0.1) is 11.3 Å². The fourth-order valence-corrected chi connectivity index (χ4v) is 9.82. The predicted molar refractivity (Wildman–Crippen MR) is 298 cm³/mol. The molecule has 0 unspecified atom stereocenters. The van der Waals surface area contributed by atoms with E-state index in [9.17, 15) is 37.1 Å². The fourth-order valence-electron chi connectivity index (χ4n) is 9.01. The highest BCUT2D eigenvalue weighted by Crippen LogP contribution is 2.35. The van der Waals surface area contributed by atoms with E-state index in [1.165, 1.54) is 12.1 Å². The molecular weight excluding hydrogens is 1050 g/mol. The standard InChI is InChI=1S/C60H69F3N6O10S/c1-39(43-14-16-44(17-15-43)54-40(2)66-38-80-54)67-57(73)50-12-8-25-69(50)58(74)55(59(3,4)5)68-53(71)37-78-32-31-77-30-29-76-28-27-75-26-24-64-52(70)34-41-9-6-10-42(33-41)36-65-56(72)46-18-23-49-45(35-46)11-7-13-51(49)79-48-21-19-47(20-22-48)60(61,62)63/h6-7,9-11,13-23,33,35,38-39,50,55H,8,12,24-32,34,36-37H2,1-5H3,(H,64,70)(H,65,72)(H,67,73)(H,68,71)/t39-,50-,55+/m0/s1. The molecule has 20 heteroatoms. The Kier molecular flexibility index (Phi) is 21.7. The van der Waals surface area contributed by atoms with Crippen LogP contribution in [0.25, 0.3) is 21.2 Å². The number of fused-ring (bicyclic) bond motifs is 1. The molecule has 0 radical (unpaired) electrons. The molecule has 4 N–H and O–H groups in total. The molecule has 0 saturated carbocycles. The Bertz CT molecular complexity index is 3040. The Balaban J connectivity index is 0.706. The average Bonchev–Trinajstić information content (AvgIpc) is 4.13. The second-order valence-corrected chi connectivity index (χ2v) is 21.3. The number of benzene rings is 5. The van der Waals surface area contributed by atoms with Gasteiger partial charge in [-0.25, -0.2) is 4.98 Å². The number of rotatable bonds is 27. The third-order valence-corrected chi connectivity index (χ3v) is 14.3. The van der Waals surface area contributed by atoms with E-state index in [4.69, 9.17) is 23.7 Å². The van der Waals surface area contributed by atoms with Gasteiger partial charge in [-0.3, -0.25) is 24.0 Å². The lowest BCUT2D eigenvalue weighted by Gasteiger charge is -2.35. The quantitative estimate of drug-likeness (QED) is 0.0359. The minimum absolute atomic E-state index is 0.137. The number of amides is 5. The average molecular weight is 1120 g/mol. The van der Waals surface area contributed by atoms with Crippen LogP contribution in [-0.2, 0) is 57.3 Å². The number of likely N-dealkylation sites (tertiary alicyclic amines) is 1. The number of aryl methyl sites for hydroxylation is 1. The summed E-state index contributed by atoms with van der Waals surface area (Å²) in [5.41, 5.74) is 5.39. The van der Waals surface area contributed by atoms with Crippen molar-refractivity contribution in [3.05, 3.63) is 148 Å². The normalized spacial score (nSPS) is 14.3. The SMILES string of the molecule is Cc1ncsc1-c1ccc([C@H](C)NC(=O)[C@@H]2CCCN2C(=O)[C@@H](NC(=O)COCCOCCOCCOCCNC(=O)Cc2cccc(CNC(=O)c3ccc4c(Oc5ccc(C(F)(F)F)cc5)cccc4c3)c2)C(C)(C)C)cc1. The maximum absolute atomic E-state index is 14.0. The molecule has 16 nitrogen and oxygen atoms in total. The van der Waals surface area contributed by atoms with E-state index < -0.39 is 35.1 Å². The first-order valence-corrected chi connectivity index (χ1v) is 27.4. The van der Waals surface area contributed by atoms with Crippen LogP contribution in [0.15, 0.2) is 115 Å². The van der Waals surface area contributed by atoms with Gasteiger partial charge in [-0.05, 0) is 108 Å². The second-order valence-electron chi connectivity index (χ2n) is 20.4. The number of halogens is 3. The lowest BCUT2D eigenvalue weighted by atomic mass is 9.85. The molecule has 3 atom stereocenters. The monoisotopic (exact) mass is 1120 g/mol. The summed E-state index contributed by atoms with van der Waals surface area (Å²) in [5.74, 6) is -0.801. The first kappa shape index (κ1) is 60.4. The summed E-state index contributed by atoms with van der Waals surface area (Å²) in [6.45, 7) is 12.1. The van der Waals surface area contributed by atoms with Crippen molar-refractivity contribution in [1.82, 2.24) is 31.2 Å². The first-order valence-electron chi connectivity index (χ1n) is 26.6. The topological polar surface area (TPSA) is 196 Å². The third kappa shape index (κ3) is 17.6. The molecule has 5 aromatic carbocycles. The number of nitrogens with one attached hydrogen (secondary N) is 4. The summed E-state index contributed by atoms with van der Waals surface area (Å²) in [7, 11) is 0. The lowest BCUT2D eigenvalue weighted by Crippen LogP contribution is -2.58. The van der Waals surface area contributed by atoms with Crippen LogP contribution < -0.4 is 26.0 Å². The number of hydrogen-bond acceptors (Lipinski definition) is 12. The minimum Gasteiger partial charge on any atom is -0.457 e. The molecule has 1 aliphatic heterocycles. The number of carbonyl (C=O) groups excluding carboxylic acids is 5. The van der Waals surface area contributed by atoms with E-state index in [-0.39, 0.29) is 74.8 Å². The number of thiazole rings is 1. The Morgan fingerprint density at radius 2 is 1.43 bits per heavy atom. The van der Waals surface area contributed by atoms with Crippen molar-refractivity contribution in [2.45, 2.75) is 84.7 Å². The zero-order chi connectivity index (χ0) is 57.2. The van der Waals surface area contributed by atoms with Crippen molar-refractivity contribution in [3.8, 4) is 21.9 Å². The highest BCUT2D eigenvalue weighted by molar-refractivity contribution is 7.13. The van der Waals surface area contributed by atoms with Gasteiger partial charge in [0.25, 0.3) is 5.91 Å². The van der Waals surface area contributed by atoms with Crippen LogP contribution in [0.1, 0.15) is 84.9 Å². The van der Waals surface area contributed by atoms with Crippen LogP contribution in [0, 0.1) is 12.3 Å². The Hall–Kier alpha value is -7.23. The first-order chi connectivity index (χ1) is 38.3. The van der Waals surface area contributed by atoms with Crippen LogP contribution in [0.4, 0.5) is 13.2 Å². The maximum Gasteiger partial charge on any atom is 0.416 e. The van der Waals surface area contributed by atoms with Crippen LogP contribution in [0.5, 0.6) is 11.5 Å². The Labute approximate surface area is 468 Å². The van der Waals surface area contributed by atoms with E-state index in [1.807, 2.05) is 94.7 Å². The molecule has 0 aliphatic carbocycles. The molecule has 0 spiro atoms. The van der Waals surface area contributed by atoms with Crippen LogP contribution >= 0.6 is 11.3 Å². The second kappa shape index (κ2) is 28.8. The Morgan fingerprint density at radius 3 is 2.10 bits per heavy atom. The summed E-state index contributed by atoms with van der Waals surface area (Å²) in [6, 6.07) is 28.4. The number of nitrogens with zero attached hydrogens (tertiary/aromatic N) is 2.